The van der Waals surface area contributed by atoms with Crippen molar-refractivity contribution in [2.75, 3.05) is 25.5 Å². The molecular formula is C28H33N4O2Si. The van der Waals surface area contributed by atoms with Crippen molar-refractivity contribution in [3.8, 4) is 5.75 Å². The number of fused-ring (bicyclic) bond motifs is 1. The third-order valence-corrected chi connectivity index (χ3v) is 7.83. The van der Waals surface area contributed by atoms with Gasteiger partial charge in [0.2, 0.25) is 0 Å². The SMILES string of the molecule is CCCNc1cc(C2(NC(=O)c3cc(OC([Si])[C@@H]4CCN4C)ccc3C)CC2)c2cccnc2c1. The molecule has 3 aromatic rings. The van der Waals surface area contributed by atoms with Gasteiger partial charge in [0.05, 0.1) is 27.0 Å². The summed E-state index contributed by atoms with van der Waals surface area (Å²) in [6.07, 6.45) is 5.78. The molecule has 1 aromatic heterocycles. The lowest BCUT2D eigenvalue weighted by Gasteiger charge is -2.41. The van der Waals surface area contributed by atoms with Crippen molar-refractivity contribution in [3.05, 3.63) is 65.4 Å². The van der Waals surface area contributed by atoms with E-state index in [4.69, 9.17) is 4.74 Å². The largest absolute Gasteiger partial charge is 0.493 e. The van der Waals surface area contributed by atoms with Gasteiger partial charge in [0.25, 0.3) is 5.91 Å². The summed E-state index contributed by atoms with van der Waals surface area (Å²) in [6.45, 7) is 6.10. The first-order valence-corrected chi connectivity index (χ1v) is 13.1. The fourth-order valence-electron chi connectivity index (χ4n) is 4.88. The lowest BCUT2D eigenvalue weighted by atomic mass is 9.97. The zero-order valence-corrected chi connectivity index (χ0v) is 21.7. The lowest BCUT2D eigenvalue weighted by molar-refractivity contribution is 0.0562. The summed E-state index contributed by atoms with van der Waals surface area (Å²) >= 11 is 0. The van der Waals surface area contributed by atoms with E-state index >= 15 is 0 Å². The number of ether oxygens (including phenoxy) is 1. The van der Waals surface area contributed by atoms with Crippen LogP contribution in [0.5, 0.6) is 5.75 Å². The summed E-state index contributed by atoms with van der Waals surface area (Å²) in [7, 11) is 5.83. The van der Waals surface area contributed by atoms with Gasteiger partial charge in [-0.1, -0.05) is 19.1 Å². The molecule has 2 N–H and O–H groups in total. The monoisotopic (exact) mass is 485 g/mol. The van der Waals surface area contributed by atoms with Crippen molar-refractivity contribution in [2.45, 2.75) is 56.8 Å². The fourth-order valence-corrected chi connectivity index (χ4v) is 5.44. The number of nitrogens with one attached hydrogen (secondary N) is 2. The first-order chi connectivity index (χ1) is 16.9. The number of aromatic nitrogens is 1. The Bertz CT molecular complexity index is 1240. The molecule has 181 valence electrons. The molecule has 6 nitrogen and oxygen atoms in total. The second-order valence-corrected chi connectivity index (χ2v) is 10.5. The van der Waals surface area contributed by atoms with Crippen LogP contribution in [0.2, 0.25) is 0 Å². The molecule has 2 aliphatic rings. The van der Waals surface area contributed by atoms with Gasteiger partial charge in [-0.05, 0) is 87.7 Å². The van der Waals surface area contributed by atoms with E-state index in [1.807, 2.05) is 37.4 Å². The van der Waals surface area contributed by atoms with Crippen LogP contribution in [0.3, 0.4) is 0 Å². The van der Waals surface area contributed by atoms with Gasteiger partial charge in [0.15, 0.2) is 0 Å². The number of rotatable bonds is 9. The molecule has 3 radical (unpaired) electrons. The second kappa shape index (κ2) is 9.63. The van der Waals surface area contributed by atoms with Crippen LogP contribution in [-0.4, -0.2) is 57.9 Å². The summed E-state index contributed by atoms with van der Waals surface area (Å²) in [5, 5.41) is 7.96. The summed E-state index contributed by atoms with van der Waals surface area (Å²) in [4.78, 5) is 20.4. The maximum atomic E-state index is 13.6. The molecule has 7 heteroatoms. The molecule has 2 fully saturated rings. The van der Waals surface area contributed by atoms with E-state index in [0.29, 0.717) is 17.4 Å². The minimum atomic E-state index is -0.377. The van der Waals surface area contributed by atoms with E-state index in [1.54, 1.807) is 0 Å². The van der Waals surface area contributed by atoms with E-state index < -0.39 is 0 Å². The molecule has 1 amide bonds. The topological polar surface area (TPSA) is 66.5 Å². The highest BCUT2D eigenvalue weighted by atomic mass is 28.1. The number of carbonyl (C=O) groups is 1. The summed E-state index contributed by atoms with van der Waals surface area (Å²) in [5.41, 5.74) is 4.22. The number of pyridine rings is 1. The summed E-state index contributed by atoms with van der Waals surface area (Å²) in [5.74, 6) is 0.631. The highest BCUT2D eigenvalue weighted by Gasteiger charge is 2.47. The average molecular weight is 486 g/mol. The van der Waals surface area contributed by atoms with Crippen molar-refractivity contribution in [1.82, 2.24) is 15.2 Å². The van der Waals surface area contributed by atoms with Crippen LogP contribution in [0.4, 0.5) is 5.69 Å². The Morgan fingerprint density at radius 1 is 1.29 bits per heavy atom. The van der Waals surface area contributed by atoms with Crippen LogP contribution in [0.15, 0.2) is 48.7 Å². The molecule has 2 heterocycles. The molecule has 2 aromatic carbocycles. The Labute approximate surface area is 210 Å². The zero-order valence-electron chi connectivity index (χ0n) is 20.7. The van der Waals surface area contributed by atoms with Crippen molar-refractivity contribution >= 4 is 32.7 Å². The number of likely N-dealkylation sites (N-methyl/N-ethyl adjacent to an activating group) is 1. The fraction of sp³-hybridized carbons (Fsp3) is 0.429. The number of amides is 1. The predicted octanol–water partition coefficient (Wildman–Crippen LogP) is 4.36. The number of aryl methyl sites for hydroxylation is 1. The highest BCUT2D eigenvalue weighted by Crippen LogP contribution is 2.49. The average Bonchev–Trinajstić information content (AvgIpc) is 3.62. The lowest BCUT2D eigenvalue weighted by Crippen LogP contribution is -2.53. The molecule has 5 rings (SSSR count). The number of carbonyl (C=O) groups excluding carboxylic acids is 1. The maximum Gasteiger partial charge on any atom is 0.252 e. The van der Waals surface area contributed by atoms with E-state index in [0.717, 1.165) is 66.5 Å². The summed E-state index contributed by atoms with van der Waals surface area (Å²) < 4.78 is 6.15. The number of hydrogen-bond donors (Lipinski definition) is 2. The Balaban J connectivity index is 1.40. The number of likely N-dealkylation sites (tertiary alicyclic amines) is 1. The maximum absolute atomic E-state index is 13.6. The summed E-state index contributed by atoms with van der Waals surface area (Å²) in [6, 6.07) is 14.4. The quantitative estimate of drug-likeness (QED) is 0.441. The Kier molecular flexibility index (Phi) is 6.55. The molecule has 1 aliphatic carbocycles. The third kappa shape index (κ3) is 4.80. The number of hydrogen-bond acceptors (Lipinski definition) is 5. The highest BCUT2D eigenvalue weighted by molar-refractivity contribution is 6.11. The van der Waals surface area contributed by atoms with Gasteiger partial charge in [0, 0.05) is 35.4 Å². The molecular weight excluding hydrogens is 452 g/mol. The van der Waals surface area contributed by atoms with E-state index in [2.05, 4.69) is 62.9 Å². The van der Waals surface area contributed by atoms with Gasteiger partial charge in [-0.15, -0.1) is 0 Å². The van der Waals surface area contributed by atoms with Crippen molar-refractivity contribution < 1.29 is 9.53 Å². The number of nitrogens with zero attached hydrogens (tertiary/aromatic N) is 2. The van der Waals surface area contributed by atoms with Crippen molar-refractivity contribution in [3.63, 3.8) is 0 Å². The Morgan fingerprint density at radius 3 is 2.80 bits per heavy atom. The smallest absolute Gasteiger partial charge is 0.252 e. The molecule has 0 bridgehead atoms. The number of anilines is 1. The molecule has 2 atom stereocenters. The minimum Gasteiger partial charge on any atom is -0.493 e. The van der Waals surface area contributed by atoms with Crippen LogP contribution in [0.1, 0.15) is 54.1 Å². The Morgan fingerprint density at radius 2 is 2.11 bits per heavy atom. The molecule has 1 saturated heterocycles. The van der Waals surface area contributed by atoms with Gasteiger partial charge in [-0.3, -0.25) is 9.78 Å². The van der Waals surface area contributed by atoms with Gasteiger partial charge >= 0.3 is 0 Å². The van der Waals surface area contributed by atoms with Gasteiger partial charge in [0.1, 0.15) is 5.75 Å². The van der Waals surface area contributed by atoms with E-state index in [-0.39, 0.29) is 17.2 Å². The first-order valence-electron chi connectivity index (χ1n) is 12.5. The minimum absolute atomic E-state index is 0.0688. The van der Waals surface area contributed by atoms with Gasteiger partial charge in [-0.2, -0.15) is 0 Å². The molecule has 1 saturated carbocycles. The number of benzene rings is 2. The van der Waals surface area contributed by atoms with Crippen molar-refractivity contribution in [1.29, 1.82) is 0 Å². The van der Waals surface area contributed by atoms with Crippen molar-refractivity contribution in [2.24, 2.45) is 0 Å². The predicted molar refractivity (Wildman–Crippen MR) is 141 cm³/mol. The molecule has 1 unspecified atom stereocenters. The van der Waals surface area contributed by atoms with Crippen LogP contribution in [0, 0.1) is 6.92 Å². The molecule has 1 aliphatic heterocycles. The van der Waals surface area contributed by atoms with Crippen LogP contribution < -0.4 is 15.4 Å². The Hall–Kier alpha value is -2.90. The zero-order chi connectivity index (χ0) is 24.6. The van der Waals surface area contributed by atoms with Crippen LogP contribution in [0.25, 0.3) is 10.9 Å². The molecule has 35 heavy (non-hydrogen) atoms. The standard InChI is InChI=1S/C28H33N4O2Si/c1-4-12-29-19-15-23(21-6-5-13-30-24(21)16-19)28(10-11-28)31-26(33)22-17-20(8-7-18(22)2)34-27(35)25-9-14-32(25)3/h5-8,13,15-17,25,27,29H,4,9-12,14H2,1-3H3,(H,31,33)/t25-,27?/m0/s1. The molecule has 0 spiro atoms. The van der Waals surface area contributed by atoms with Crippen LogP contribution in [-0.2, 0) is 5.54 Å². The first kappa shape index (κ1) is 23.8. The second-order valence-electron chi connectivity index (χ2n) is 9.91. The van der Waals surface area contributed by atoms with Gasteiger partial charge in [-0.25, -0.2) is 0 Å². The van der Waals surface area contributed by atoms with E-state index in [1.165, 1.54) is 0 Å². The normalized spacial score (nSPS) is 19.6. The van der Waals surface area contributed by atoms with Crippen LogP contribution >= 0.6 is 0 Å². The third-order valence-electron chi connectivity index (χ3n) is 7.33. The van der Waals surface area contributed by atoms with E-state index in [9.17, 15) is 4.79 Å². The van der Waals surface area contributed by atoms with Gasteiger partial charge < -0.3 is 20.3 Å².